The molecule has 2 unspecified atom stereocenters. The van der Waals surface area contributed by atoms with E-state index < -0.39 is 12.0 Å². The van der Waals surface area contributed by atoms with Gasteiger partial charge in [0.2, 0.25) is 5.91 Å². The number of carboxylic acids is 1. The van der Waals surface area contributed by atoms with E-state index in [1.807, 2.05) is 0 Å². The Morgan fingerprint density at radius 3 is 2.90 bits per heavy atom. The van der Waals surface area contributed by atoms with Crippen molar-refractivity contribution in [3.63, 3.8) is 0 Å². The topological polar surface area (TPSA) is 86.7 Å². The van der Waals surface area contributed by atoms with E-state index in [4.69, 9.17) is 5.11 Å². The summed E-state index contributed by atoms with van der Waals surface area (Å²) in [6, 6.07) is 2.54. The maximum atomic E-state index is 12.4. The Labute approximate surface area is 126 Å². The minimum atomic E-state index is -0.907. The Balaban J connectivity index is 1.95. The molecule has 0 aliphatic carbocycles. The number of hydrogen-bond donors (Lipinski definition) is 2. The lowest BCUT2D eigenvalue weighted by molar-refractivity contribution is -0.140. The zero-order valence-corrected chi connectivity index (χ0v) is 12.6. The average molecular weight is 310 g/mol. The normalized spacial score (nSPS) is 19.3. The van der Waals surface area contributed by atoms with Gasteiger partial charge < -0.3 is 15.3 Å². The molecule has 6 nitrogen and oxygen atoms in total. The Morgan fingerprint density at radius 1 is 1.52 bits per heavy atom. The van der Waals surface area contributed by atoms with Gasteiger partial charge in [-0.3, -0.25) is 14.4 Å². The number of likely N-dealkylation sites (tertiary alicyclic amines) is 1. The third-order valence-electron chi connectivity index (χ3n) is 3.53. The minimum absolute atomic E-state index is 0.0443. The van der Waals surface area contributed by atoms with E-state index in [1.54, 1.807) is 29.3 Å². The van der Waals surface area contributed by atoms with Gasteiger partial charge in [-0.1, -0.05) is 6.07 Å². The van der Waals surface area contributed by atoms with Crippen molar-refractivity contribution in [2.45, 2.75) is 38.3 Å². The summed E-state index contributed by atoms with van der Waals surface area (Å²) in [6.07, 6.45) is 1.45. The third-order valence-corrected chi connectivity index (χ3v) is 4.40. The van der Waals surface area contributed by atoms with Crippen LogP contribution in [-0.4, -0.2) is 46.4 Å². The highest BCUT2D eigenvalue weighted by Gasteiger charge is 2.33. The van der Waals surface area contributed by atoms with Crippen LogP contribution < -0.4 is 5.32 Å². The molecular formula is C14H18N2O4S. The zero-order valence-electron chi connectivity index (χ0n) is 11.7. The summed E-state index contributed by atoms with van der Waals surface area (Å²) in [5.74, 6) is -1.40. The van der Waals surface area contributed by atoms with E-state index in [1.165, 1.54) is 11.3 Å². The SMILES string of the molecule is CC(NC(=O)c1cccs1)C(=O)N1CCCC1CC(=O)O. The van der Waals surface area contributed by atoms with Crippen LogP contribution in [0.4, 0.5) is 0 Å². The Bertz CT molecular complexity index is 529. The second-order valence-corrected chi connectivity index (χ2v) is 6.05. The van der Waals surface area contributed by atoms with Gasteiger partial charge in [-0.05, 0) is 31.2 Å². The lowest BCUT2D eigenvalue weighted by Gasteiger charge is -2.26. The summed E-state index contributed by atoms with van der Waals surface area (Å²) < 4.78 is 0. The number of carbonyl (C=O) groups excluding carboxylic acids is 2. The molecule has 2 amide bonds. The van der Waals surface area contributed by atoms with E-state index in [2.05, 4.69) is 5.32 Å². The summed E-state index contributed by atoms with van der Waals surface area (Å²) in [6.45, 7) is 2.18. The van der Waals surface area contributed by atoms with Crippen molar-refractivity contribution in [3.05, 3.63) is 22.4 Å². The molecule has 1 aliphatic rings. The van der Waals surface area contributed by atoms with Crippen LogP contribution in [-0.2, 0) is 9.59 Å². The molecule has 1 fully saturated rings. The van der Waals surface area contributed by atoms with Crippen molar-refractivity contribution < 1.29 is 19.5 Å². The maximum Gasteiger partial charge on any atom is 0.305 e. The van der Waals surface area contributed by atoms with Crippen molar-refractivity contribution >= 4 is 29.1 Å². The largest absolute Gasteiger partial charge is 0.481 e. The van der Waals surface area contributed by atoms with E-state index in [0.717, 1.165) is 6.42 Å². The molecule has 2 atom stereocenters. The highest BCUT2D eigenvalue weighted by molar-refractivity contribution is 7.12. The number of nitrogens with zero attached hydrogens (tertiary/aromatic N) is 1. The van der Waals surface area contributed by atoms with Gasteiger partial charge in [0, 0.05) is 12.6 Å². The number of thiophene rings is 1. The first-order valence-corrected chi connectivity index (χ1v) is 7.73. The van der Waals surface area contributed by atoms with Crippen molar-refractivity contribution in [1.82, 2.24) is 10.2 Å². The molecule has 0 saturated carbocycles. The standard InChI is InChI=1S/C14H18N2O4S/c1-9(15-13(19)11-5-3-7-21-11)14(20)16-6-2-4-10(16)8-12(17)18/h3,5,7,9-10H,2,4,6,8H2,1H3,(H,15,19)(H,17,18). The smallest absolute Gasteiger partial charge is 0.305 e. The molecule has 7 heteroatoms. The summed E-state index contributed by atoms with van der Waals surface area (Å²) in [5, 5.41) is 13.3. The van der Waals surface area contributed by atoms with Gasteiger partial charge in [0.1, 0.15) is 6.04 Å². The summed E-state index contributed by atoms with van der Waals surface area (Å²) in [5.41, 5.74) is 0. The van der Waals surface area contributed by atoms with Crippen LogP contribution in [0.3, 0.4) is 0 Å². The average Bonchev–Trinajstić information content (AvgIpc) is 3.07. The fourth-order valence-corrected chi connectivity index (χ4v) is 3.15. The molecule has 1 aliphatic heterocycles. The van der Waals surface area contributed by atoms with Crippen molar-refractivity contribution in [3.8, 4) is 0 Å². The summed E-state index contributed by atoms with van der Waals surface area (Å²) in [7, 11) is 0. The first-order chi connectivity index (χ1) is 9.99. The van der Waals surface area contributed by atoms with Gasteiger partial charge in [-0.25, -0.2) is 0 Å². The highest BCUT2D eigenvalue weighted by Crippen LogP contribution is 2.21. The molecule has 2 heterocycles. The van der Waals surface area contributed by atoms with Gasteiger partial charge in [0.05, 0.1) is 11.3 Å². The van der Waals surface area contributed by atoms with Crippen LogP contribution >= 0.6 is 11.3 Å². The number of nitrogens with one attached hydrogen (secondary N) is 1. The molecule has 1 aromatic heterocycles. The number of carbonyl (C=O) groups is 3. The van der Waals surface area contributed by atoms with E-state index >= 15 is 0 Å². The lowest BCUT2D eigenvalue weighted by atomic mass is 10.1. The minimum Gasteiger partial charge on any atom is -0.481 e. The van der Waals surface area contributed by atoms with Gasteiger partial charge in [0.15, 0.2) is 0 Å². The maximum absolute atomic E-state index is 12.4. The third kappa shape index (κ3) is 3.81. The van der Waals surface area contributed by atoms with Crippen LogP contribution in [0.25, 0.3) is 0 Å². The van der Waals surface area contributed by atoms with Crippen LogP contribution in [0.2, 0.25) is 0 Å². The van der Waals surface area contributed by atoms with E-state index in [9.17, 15) is 14.4 Å². The molecule has 2 N–H and O–H groups in total. The van der Waals surface area contributed by atoms with E-state index in [0.29, 0.717) is 17.8 Å². The molecule has 0 radical (unpaired) electrons. The molecule has 114 valence electrons. The van der Waals surface area contributed by atoms with Crippen LogP contribution in [0, 0.1) is 0 Å². The van der Waals surface area contributed by atoms with E-state index in [-0.39, 0.29) is 24.3 Å². The number of carboxylic acid groups (broad SMARTS) is 1. The molecular weight excluding hydrogens is 292 g/mol. The van der Waals surface area contributed by atoms with Crippen LogP contribution in [0.15, 0.2) is 17.5 Å². The predicted octanol–water partition coefficient (Wildman–Crippen LogP) is 1.33. The highest BCUT2D eigenvalue weighted by atomic mass is 32.1. The van der Waals surface area contributed by atoms with Crippen LogP contribution in [0.5, 0.6) is 0 Å². The number of amides is 2. The Morgan fingerprint density at radius 2 is 2.29 bits per heavy atom. The monoisotopic (exact) mass is 310 g/mol. The Kier molecular flexibility index (Phi) is 4.95. The number of rotatable bonds is 5. The molecule has 1 saturated heterocycles. The summed E-state index contributed by atoms with van der Waals surface area (Å²) in [4.78, 5) is 37.2. The second-order valence-electron chi connectivity index (χ2n) is 5.10. The number of hydrogen-bond acceptors (Lipinski definition) is 4. The zero-order chi connectivity index (χ0) is 15.4. The summed E-state index contributed by atoms with van der Waals surface area (Å²) >= 11 is 1.31. The quantitative estimate of drug-likeness (QED) is 0.859. The van der Waals surface area contributed by atoms with Crippen molar-refractivity contribution in [2.24, 2.45) is 0 Å². The van der Waals surface area contributed by atoms with Crippen molar-refractivity contribution in [2.75, 3.05) is 6.54 Å². The first kappa shape index (κ1) is 15.5. The lowest BCUT2D eigenvalue weighted by Crippen LogP contribution is -2.48. The fourth-order valence-electron chi connectivity index (χ4n) is 2.53. The molecule has 21 heavy (non-hydrogen) atoms. The Hall–Kier alpha value is -1.89. The van der Waals surface area contributed by atoms with Gasteiger partial charge >= 0.3 is 5.97 Å². The molecule has 0 aromatic carbocycles. The fraction of sp³-hybridized carbons (Fsp3) is 0.500. The van der Waals surface area contributed by atoms with Gasteiger partial charge in [0.25, 0.3) is 5.91 Å². The van der Waals surface area contributed by atoms with Crippen LogP contribution in [0.1, 0.15) is 35.9 Å². The molecule has 2 rings (SSSR count). The molecule has 0 bridgehead atoms. The van der Waals surface area contributed by atoms with Crippen molar-refractivity contribution in [1.29, 1.82) is 0 Å². The second kappa shape index (κ2) is 6.71. The molecule has 1 aromatic rings. The molecule has 0 spiro atoms. The first-order valence-electron chi connectivity index (χ1n) is 6.85. The van der Waals surface area contributed by atoms with Gasteiger partial charge in [-0.15, -0.1) is 11.3 Å². The number of aliphatic carboxylic acids is 1. The van der Waals surface area contributed by atoms with Gasteiger partial charge in [-0.2, -0.15) is 0 Å². The predicted molar refractivity (Wildman–Crippen MR) is 78.2 cm³/mol.